The summed E-state index contributed by atoms with van der Waals surface area (Å²) >= 11 is 5.21. The van der Waals surface area contributed by atoms with E-state index in [4.69, 9.17) is 19.0 Å². The van der Waals surface area contributed by atoms with Crippen molar-refractivity contribution in [3.05, 3.63) is 68.8 Å². The number of thiophene rings is 1. The van der Waals surface area contributed by atoms with E-state index in [2.05, 4.69) is 89.0 Å². The molecule has 9 heteroatoms. The van der Waals surface area contributed by atoms with Crippen LogP contribution in [0.15, 0.2) is 68.1 Å². The Kier molecular flexibility index (Phi) is 6.17. The molecule has 3 aromatic rings. The fourth-order valence-corrected chi connectivity index (χ4v) is 9.26. The number of morpholine rings is 1. The second-order valence-electron chi connectivity index (χ2n) is 10.0. The number of likely N-dealkylation sites (N-methyl/N-ethyl adjacent to an activating group) is 1. The lowest BCUT2D eigenvalue weighted by molar-refractivity contribution is 0.0716. The topological polar surface area (TPSA) is 49.7 Å². The van der Waals surface area contributed by atoms with Crippen LogP contribution in [0.1, 0.15) is 31.2 Å². The molecule has 1 aromatic heterocycles. The van der Waals surface area contributed by atoms with Gasteiger partial charge in [-0.05, 0) is 60.3 Å². The summed E-state index contributed by atoms with van der Waals surface area (Å²) in [6.45, 7) is 9.82. The number of rotatable bonds is 3. The van der Waals surface area contributed by atoms with E-state index in [1.807, 2.05) is 18.2 Å². The van der Waals surface area contributed by atoms with E-state index in [1.54, 1.807) is 11.3 Å². The molecule has 188 valence electrons. The summed E-state index contributed by atoms with van der Waals surface area (Å²) in [4.78, 5) is 8.50. The van der Waals surface area contributed by atoms with Gasteiger partial charge in [0.2, 0.25) is 13.3 Å². The first-order valence-electron chi connectivity index (χ1n) is 12.2. The number of halogens is 1. The molecule has 0 spiro atoms. The van der Waals surface area contributed by atoms with E-state index in [0.717, 1.165) is 39.1 Å². The standard InChI is InChI=1S/C27H30BrN4O2PS/c1-18-27(2,3)21-16-24-22(17-23(21)31(18)4)29-26(25-6-5-15-36-25)34-35(24,32-11-13-33-14-12-32)30-20-9-7-19(28)8-10-20/h5-10,15-18H,11-14H2,1-4H3/t18-,35-/m1/s1. The SMILES string of the molecule is C[C@H]1N(C)c2cc3c(cc2C1(C)C)[P@@](=Nc1ccc(Br)cc1)(N1CCOCC1)OC(c1cccs1)=N3. The molecule has 1 fully saturated rings. The highest BCUT2D eigenvalue weighted by atomic mass is 79.9. The molecule has 0 radical (unpaired) electrons. The zero-order valence-corrected chi connectivity index (χ0v) is 24.2. The van der Waals surface area contributed by atoms with Crippen molar-refractivity contribution >= 4 is 63.0 Å². The van der Waals surface area contributed by atoms with Gasteiger partial charge >= 0.3 is 0 Å². The van der Waals surface area contributed by atoms with Crippen molar-refractivity contribution in [3.63, 3.8) is 0 Å². The van der Waals surface area contributed by atoms with Gasteiger partial charge in [0.25, 0.3) is 0 Å². The molecule has 3 aliphatic rings. The molecule has 36 heavy (non-hydrogen) atoms. The van der Waals surface area contributed by atoms with Crippen LogP contribution in [0.4, 0.5) is 17.1 Å². The highest BCUT2D eigenvalue weighted by Gasteiger charge is 2.46. The first-order chi connectivity index (χ1) is 17.3. The molecule has 0 unspecified atom stereocenters. The van der Waals surface area contributed by atoms with Crippen LogP contribution in [0.25, 0.3) is 0 Å². The number of fused-ring (bicyclic) bond motifs is 2. The number of ether oxygens (including phenoxy) is 1. The van der Waals surface area contributed by atoms with Gasteiger partial charge < -0.3 is 14.2 Å². The zero-order chi connectivity index (χ0) is 25.1. The summed E-state index contributed by atoms with van der Waals surface area (Å²) in [5, 5.41) is 3.17. The average Bonchev–Trinajstić information content (AvgIpc) is 3.48. The molecule has 0 N–H and O–H groups in total. The fourth-order valence-electron chi connectivity index (χ4n) is 5.25. The van der Waals surface area contributed by atoms with Crippen LogP contribution in [-0.2, 0) is 14.7 Å². The fraction of sp³-hybridized carbons (Fsp3) is 0.370. The van der Waals surface area contributed by atoms with Crippen molar-refractivity contribution < 1.29 is 9.26 Å². The maximum Gasteiger partial charge on any atom is 0.242 e. The third-order valence-corrected chi connectivity index (χ3v) is 12.2. The molecule has 2 atom stereocenters. The lowest BCUT2D eigenvalue weighted by Gasteiger charge is -2.40. The third kappa shape index (κ3) is 3.89. The molecule has 4 heterocycles. The van der Waals surface area contributed by atoms with Crippen LogP contribution in [0.5, 0.6) is 0 Å². The van der Waals surface area contributed by atoms with Gasteiger partial charge in [0.1, 0.15) is 0 Å². The first kappa shape index (κ1) is 24.4. The molecule has 0 bridgehead atoms. The lowest BCUT2D eigenvalue weighted by Crippen LogP contribution is -2.39. The van der Waals surface area contributed by atoms with Gasteiger partial charge in [-0.15, -0.1) is 11.3 Å². The van der Waals surface area contributed by atoms with Crippen molar-refractivity contribution in [2.45, 2.75) is 32.2 Å². The Labute approximate surface area is 225 Å². The van der Waals surface area contributed by atoms with Crippen LogP contribution in [-0.4, -0.2) is 50.0 Å². The monoisotopic (exact) mass is 584 g/mol. The molecule has 1 saturated heterocycles. The minimum Gasteiger partial charge on any atom is -0.424 e. The highest BCUT2D eigenvalue weighted by molar-refractivity contribution is 9.10. The van der Waals surface area contributed by atoms with Gasteiger partial charge in [-0.3, -0.25) is 0 Å². The van der Waals surface area contributed by atoms with Crippen LogP contribution in [0, 0.1) is 0 Å². The molecule has 0 saturated carbocycles. The summed E-state index contributed by atoms with van der Waals surface area (Å²) in [5.41, 5.74) is 4.43. The number of aliphatic imine (C=N–C) groups is 1. The van der Waals surface area contributed by atoms with E-state index >= 15 is 0 Å². The van der Waals surface area contributed by atoms with E-state index in [9.17, 15) is 0 Å². The molecule has 2 aromatic carbocycles. The summed E-state index contributed by atoms with van der Waals surface area (Å²) in [5.74, 6) is 0.658. The second-order valence-corrected chi connectivity index (χ2v) is 14.4. The quantitative estimate of drug-likeness (QED) is 0.309. The summed E-state index contributed by atoms with van der Waals surface area (Å²) in [7, 11) is -0.513. The van der Waals surface area contributed by atoms with Gasteiger partial charge in [-0.1, -0.05) is 35.8 Å². The molecule has 3 aliphatic heterocycles. The third-order valence-electron chi connectivity index (χ3n) is 7.72. The van der Waals surface area contributed by atoms with Gasteiger partial charge in [0, 0.05) is 41.8 Å². The van der Waals surface area contributed by atoms with E-state index in [1.165, 1.54) is 11.3 Å². The minimum absolute atomic E-state index is 0.00482. The molecular weight excluding hydrogens is 555 g/mol. The number of hydrogen-bond donors (Lipinski definition) is 0. The average molecular weight is 586 g/mol. The Morgan fingerprint density at radius 3 is 2.58 bits per heavy atom. The van der Waals surface area contributed by atoms with Gasteiger partial charge in [0.05, 0.1) is 34.8 Å². The predicted octanol–water partition coefficient (Wildman–Crippen LogP) is 7.06. The van der Waals surface area contributed by atoms with Crippen LogP contribution >= 0.6 is 34.7 Å². The summed E-state index contributed by atoms with van der Waals surface area (Å²) in [6, 6.07) is 17.3. The highest BCUT2D eigenvalue weighted by Crippen LogP contribution is 2.61. The Balaban J connectivity index is 1.66. The second kappa shape index (κ2) is 9.10. The molecular formula is C27H30BrN4O2PS. The molecule has 6 nitrogen and oxygen atoms in total. The van der Waals surface area contributed by atoms with Crippen molar-refractivity contribution in [3.8, 4) is 0 Å². The number of benzene rings is 2. The Morgan fingerprint density at radius 2 is 1.89 bits per heavy atom. The maximum atomic E-state index is 7.05. The van der Waals surface area contributed by atoms with Crippen molar-refractivity contribution in [2.24, 2.45) is 9.74 Å². The maximum absolute atomic E-state index is 7.05. The predicted molar refractivity (Wildman–Crippen MR) is 154 cm³/mol. The summed E-state index contributed by atoms with van der Waals surface area (Å²) < 4.78 is 21.7. The molecule has 0 amide bonds. The number of nitrogens with zero attached hydrogens (tertiary/aromatic N) is 4. The van der Waals surface area contributed by atoms with Crippen LogP contribution in [0.3, 0.4) is 0 Å². The van der Waals surface area contributed by atoms with E-state index < -0.39 is 7.43 Å². The van der Waals surface area contributed by atoms with Crippen molar-refractivity contribution in [1.29, 1.82) is 0 Å². The minimum atomic E-state index is -2.70. The lowest BCUT2D eigenvalue weighted by atomic mass is 9.81. The Bertz CT molecular complexity index is 1380. The Morgan fingerprint density at radius 1 is 1.14 bits per heavy atom. The Hall–Kier alpha value is -1.96. The van der Waals surface area contributed by atoms with Crippen molar-refractivity contribution in [1.82, 2.24) is 4.67 Å². The summed E-state index contributed by atoms with van der Waals surface area (Å²) in [6.07, 6.45) is 0. The van der Waals surface area contributed by atoms with Gasteiger partial charge in [-0.25, -0.2) is 14.4 Å². The van der Waals surface area contributed by atoms with E-state index in [-0.39, 0.29) is 5.41 Å². The smallest absolute Gasteiger partial charge is 0.242 e. The van der Waals surface area contributed by atoms with Crippen LogP contribution < -0.4 is 10.2 Å². The molecule has 0 aliphatic carbocycles. The molecule has 6 rings (SSSR count). The number of hydrogen-bond acceptors (Lipinski definition) is 6. The largest absolute Gasteiger partial charge is 0.424 e. The van der Waals surface area contributed by atoms with Gasteiger partial charge in [-0.2, -0.15) is 0 Å². The normalized spacial score (nSPS) is 25.1. The van der Waals surface area contributed by atoms with E-state index in [0.29, 0.717) is 25.2 Å². The van der Waals surface area contributed by atoms with Crippen LogP contribution in [0.2, 0.25) is 0 Å². The zero-order valence-electron chi connectivity index (χ0n) is 20.9. The van der Waals surface area contributed by atoms with Crippen molar-refractivity contribution in [2.75, 3.05) is 38.3 Å². The van der Waals surface area contributed by atoms with Gasteiger partial charge in [0.15, 0.2) is 0 Å². The first-order valence-corrected chi connectivity index (χ1v) is 15.5. The number of anilines is 1.